The number of carbonyl (C=O) groups excluding carboxylic acids is 2. The van der Waals surface area contributed by atoms with E-state index in [1.165, 1.54) is 0 Å². The average Bonchev–Trinajstić information content (AvgIpc) is 2.74. The summed E-state index contributed by atoms with van der Waals surface area (Å²) in [5.74, 6) is -0.541. The van der Waals surface area contributed by atoms with E-state index in [1.807, 2.05) is 35.2 Å². The molecule has 1 fully saturated rings. The summed E-state index contributed by atoms with van der Waals surface area (Å²) in [5, 5.41) is 0. The van der Waals surface area contributed by atoms with E-state index in [0.717, 1.165) is 18.5 Å². The van der Waals surface area contributed by atoms with Crippen molar-refractivity contribution in [3.63, 3.8) is 0 Å². The molecule has 1 saturated heterocycles. The SMILES string of the molecule is NC(=O)C1(C=O)CCCN1Cc1ccccc1. The van der Waals surface area contributed by atoms with Crippen molar-refractivity contribution in [3.05, 3.63) is 35.9 Å². The molecule has 0 bridgehead atoms. The van der Waals surface area contributed by atoms with Gasteiger partial charge in [0.1, 0.15) is 6.29 Å². The zero-order chi connectivity index (χ0) is 12.3. The molecule has 0 aromatic heterocycles. The topological polar surface area (TPSA) is 63.4 Å². The van der Waals surface area contributed by atoms with Gasteiger partial charge in [-0.2, -0.15) is 0 Å². The molecule has 2 rings (SSSR count). The normalized spacial score (nSPS) is 24.7. The van der Waals surface area contributed by atoms with Crippen molar-refractivity contribution < 1.29 is 9.59 Å². The molecule has 1 amide bonds. The molecule has 1 aliphatic heterocycles. The Balaban J connectivity index is 2.20. The highest BCUT2D eigenvalue weighted by molar-refractivity contribution is 6.00. The van der Waals surface area contributed by atoms with Crippen molar-refractivity contribution in [1.29, 1.82) is 0 Å². The third-order valence-electron chi connectivity index (χ3n) is 3.39. The molecule has 2 N–H and O–H groups in total. The molecular formula is C13H16N2O2. The molecule has 0 spiro atoms. The lowest BCUT2D eigenvalue weighted by Gasteiger charge is -2.30. The van der Waals surface area contributed by atoms with E-state index in [-0.39, 0.29) is 0 Å². The van der Waals surface area contributed by atoms with Gasteiger partial charge in [-0.3, -0.25) is 9.69 Å². The van der Waals surface area contributed by atoms with Crippen molar-refractivity contribution in [1.82, 2.24) is 4.90 Å². The number of rotatable bonds is 4. The third kappa shape index (κ3) is 2.08. The summed E-state index contributed by atoms with van der Waals surface area (Å²) in [6, 6.07) is 9.79. The van der Waals surface area contributed by atoms with E-state index in [1.54, 1.807) is 0 Å². The van der Waals surface area contributed by atoms with E-state index >= 15 is 0 Å². The van der Waals surface area contributed by atoms with Crippen LogP contribution < -0.4 is 5.73 Å². The molecule has 0 saturated carbocycles. The minimum atomic E-state index is -1.10. The fourth-order valence-corrected chi connectivity index (χ4v) is 2.39. The molecule has 17 heavy (non-hydrogen) atoms. The summed E-state index contributed by atoms with van der Waals surface area (Å²) in [7, 11) is 0. The largest absolute Gasteiger partial charge is 0.368 e. The van der Waals surface area contributed by atoms with Gasteiger partial charge in [0.2, 0.25) is 5.91 Å². The Bertz CT molecular complexity index is 419. The van der Waals surface area contributed by atoms with E-state index in [9.17, 15) is 9.59 Å². The second-order valence-electron chi connectivity index (χ2n) is 4.42. The Morgan fingerprint density at radius 3 is 2.71 bits per heavy atom. The lowest BCUT2D eigenvalue weighted by atomic mass is 9.97. The predicted octanol–water partition coefficient (Wildman–Crippen LogP) is 0.705. The van der Waals surface area contributed by atoms with Crippen LogP contribution >= 0.6 is 0 Å². The molecule has 4 nitrogen and oxygen atoms in total. The first-order chi connectivity index (χ1) is 8.19. The lowest BCUT2D eigenvalue weighted by molar-refractivity contribution is -0.135. The zero-order valence-electron chi connectivity index (χ0n) is 9.63. The number of primary amides is 1. The Hall–Kier alpha value is -1.68. The van der Waals surface area contributed by atoms with Crippen LogP contribution in [-0.2, 0) is 16.1 Å². The molecule has 1 atom stereocenters. The summed E-state index contributed by atoms with van der Waals surface area (Å²) in [5.41, 5.74) is 5.36. The minimum Gasteiger partial charge on any atom is -0.368 e. The number of aldehydes is 1. The van der Waals surface area contributed by atoms with Crippen LogP contribution in [0.1, 0.15) is 18.4 Å². The molecule has 0 radical (unpaired) electrons. The van der Waals surface area contributed by atoms with E-state index in [0.29, 0.717) is 19.3 Å². The molecular weight excluding hydrogens is 216 g/mol. The lowest BCUT2D eigenvalue weighted by Crippen LogP contribution is -2.54. The van der Waals surface area contributed by atoms with Gasteiger partial charge in [-0.1, -0.05) is 30.3 Å². The van der Waals surface area contributed by atoms with Crippen molar-refractivity contribution in [3.8, 4) is 0 Å². The standard InChI is InChI=1S/C13H16N2O2/c14-12(17)13(10-16)7-4-8-15(13)9-11-5-2-1-3-6-11/h1-3,5-6,10H,4,7-9H2,(H2,14,17). The number of amides is 1. The number of nitrogens with two attached hydrogens (primary N) is 1. The van der Waals surface area contributed by atoms with Crippen LogP contribution in [0, 0.1) is 0 Å². The highest BCUT2D eigenvalue weighted by atomic mass is 16.2. The second kappa shape index (κ2) is 4.67. The van der Waals surface area contributed by atoms with E-state index in [2.05, 4.69) is 0 Å². The Morgan fingerprint density at radius 1 is 1.41 bits per heavy atom. The first kappa shape index (κ1) is 11.8. The number of hydrogen-bond acceptors (Lipinski definition) is 3. The first-order valence-electron chi connectivity index (χ1n) is 5.74. The fraction of sp³-hybridized carbons (Fsp3) is 0.385. The molecule has 0 aliphatic carbocycles. The molecule has 1 unspecified atom stereocenters. The Kier molecular flexibility index (Phi) is 3.24. The van der Waals surface area contributed by atoms with Crippen molar-refractivity contribution in [2.45, 2.75) is 24.9 Å². The summed E-state index contributed by atoms with van der Waals surface area (Å²) in [4.78, 5) is 24.6. The van der Waals surface area contributed by atoms with E-state index < -0.39 is 11.4 Å². The minimum absolute atomic E-state index is 0.526. The third-order valence-corrected chi connectivity index (χ3v) is 3.39. The highest BCUT2D eigenvalue weighted by Gasteiger charge is 2.45. The van der Waals surface area contributed by atoms with Gasteiger partial charge in [0, 0.05) is 13.1 Å². The number of nitrogens with zero attached hydrogens (tertiary/aromatic N) is 1. The zero-order valence-corrected chi connectivity index (χ0v) is 9.63. The predicted molar refractivity (Wildman–Crippen MR) is 64.1 cm³/mol. The van der Waals surface area contributed by atoms with Gasteiger partial charge >= 0.3 is 0 Å². The van der Waals surface area contributed by atoms with Crippen LogP contribution in [0.15, 0.2) is 30.3 Å². The molecule has 4 heteroatoms. The van der Waals surface area contributed by atoms with Crippen molar-refractivity contribution in [2.24, 2.45) is 5.73 Å². The summed E-state index contributed by atoms with van der Waals surface area (Å²) in [6.07, 6.45) is 2.05. The van der Waals surface area contributed by atoms with Gasteiger partial charge in [0.05, 0.1) is 0 Å². The van der Waals surface area contributed by atoms with Gasteiger partial charge < -0.3 is 10.5 Å². The monoisotopic (exact) mass is 232 g/mol. The average molecular weight is 232 g/mol. The van der Waals surface area contributed by atoms with Crippen molar-refractivity contribution in [2.75, 3.05) is 6.54 Å². The quantitative estimate of drug-likeness (QED) is 0.614. The van der Waals surface area contributed by atoms with Crippen LogP contribution in [0.5, 0.6) is 0 Å². The summed E-state index contributed by atoms with van der Waals surface area (Å²) >= 11 is 0. The Labute approximate surface area is 100 Å². The molecule has 1 heterocycles. The summed E-state index contributed by atoms with van der Waals surface area (Å²) < 4.78 is 0. The maximum absolute atomic E-state index is 11.5. The number of carbonyl (C=O) groups is 2. The van der Waals surface area contributed by atoms with Gasteiger partial charge in [-0.05, 0) is 18.4 Å². The van der Waals surface area contributed by atoms with Crippen LogP contribution in [-0.4, -0.2) is 29.2 Å². The number of hydrogen-bond donors (Lipinski definition) is 1. The fourth-order valence-electron chi connectivity index (χ4n) is 2.39. The summed E-state index contributed by atoms with van der Waals surface area (Å²) in [6.45, 7) is 1.32. The molecule has 1 aromatic carbocycles. The second-order valence-corrected chi connectivity index (χ2v) is 4.42. The number of likely N-dealkylation sites (tertiary alicyclic amines) is 1. The van der Waals surface area contributed by atoms with Gasteiger partial charge in [0.15, 0.2) is 5.54 Å². The van der Waals surface area contributed by atoms with Crippen molar-refractivity contribution >= 4 is 12.2 Å². The smallest absolute Gasteiger partial charge is 0.245 e. The highest BCUT2D eigenvalue weighted by Crippen LogP contribution is 2.28. The number of benzene rings is 1. The molecule has 90 valence electrons. The van der Waals surface area contributed by atoms with Crippen LogP contribution in [0.4, 0.5) is 0 Å². The maximum Gasteiger partial charge on any atom is 0.245 e. The van der Waals surface area contributed by atoms with Crippen LogP contribution in [0.3, 0.4) is 0 Å². The molecule has 1 aromatic rings. The van der Waals surface area contributed by atoms with Gasteiger partial charge in [-0.15, -0.1) is 0 Å². The molecule has 1 aliphatic rings. The maximum atomic E-state index is 11.5. The van der Waals surface area contributed by atoms with E-state index in [4.69, 9.17) is 5.73 Å². The van der Waals surface area contributed by atoms with Crippen LogP contribution in [0.2, 0.25) is 0 Å². The van der Waals surface area contributed by atoms with Gasteiger partial charge in [-0.25, -0.2) is 0 Å². The van der Waals surface area contributed by atoms with Crippen LogP contribution in [0.25, 0.3) is 0 Å². The first-order valence-corrected chi connectivity index (χ1v) is 5.74. The van der Waals surface area contributed by atoms with Gasteiger partial charge in [0.25, 0.3) is 0 Å². The Morgan fingerprint density at radius 2 is 2.12 bits per heavy atom.